The zero-order valence-corrected chi connectivity index (χ0v) is 12.5. The molecule has 1 saturated heterocycles. The Kier molecular flexibility index (Phi) is 5.29. The lowest BCUT2D eigenvalue weighted by atomic mass is 10.1. The Morgan fingerprint density at radius 2 is 2.00 bits per heavy atom. The van der Waals surface area contributed by atoms with Crippen LogP contribution in [0, 0.1) is 11.6 Å². The van der Waals surface area contributed by atoms with Crippen molar-refractivity contribution in [2.45, 2.75) is 18.9 Å². The van der Waals surface area contributed by atoms with Crippen LogP contribution in [0.25, 0.3) is 0 Å². The highest BCUT2D eigenvalue weighted by Gasteiger charge is 2.21. The van der Waals surface area contributed by atoms with E-state index < -0.39 is 27.6 Å². The molecule has 1 fully saturated rings. The minimum atomic E-state index is -2.97. The van der Waals surface area contributed by atoms with Gasteiger partial charge in [-0.25, -0.2) is 17.2 Å². The third kappa shape index (κ3) is 4.46. The molecule has 118 valence electrons. The van der Waals surface area contributed by atoms with E-state index in [2.05, 4.69) is 0 Å². The average molecular weight is 319 g/mol. The molecule has 0 saturated carbocycles. The van der Waals surface area contributed by atoms with E-state index in [1.807, 2.05) is 4.90 Å². The van der Waals surface area contributed by atoms with E-state index in [1.54, 1.807) is 0 Å². The van der Waals surface area contributed by atoms with Crippen LogP contribution in [0.4, 0.5) is 8.78 Å². The van der Waals surface area contributed by atoms with Crippen LogP contribution in [0.15, 0.2) is 18.2 Å². The Hall–Kier alpha value is -1.05. The van der Waals surface area contributed by atoms with Crippen molar-refractivity contribution >= 4 is 9.84 Å². The summed E-state index contributed by atoms with van der Waals surface area (Å²) in [5, 5.41) is 9.98. The third-order valence-corrected chi connectivity index (χ3v) is 5.42. The number of hydrogen-bond acceptors (Lipinski definition) is 4. The lowest BCUT2D eigenvalue weighted by Crippen LogP contribution is -2.29. The van der Waals surface area contributed by atoms with Gasteiger partial charge in [0.15, 0.2) is 21.5 Å². The molecule has 1 N–H and O–H groups in total. The van der Waals surface area contributed by atoms with Crippen molar-refractivity contribution in [3.05, 3.63) is 35.4 Å². The maximum absolute atomic E-state index is 13.6. The number of sulfone groups is 1. The quantitative estimate of drug-likeness (QED) is 0.914. The van der Waals surface area contributed by atoms with Gasteiger partial charge in [-0.3, -0.25) is 0 Å². The SMILES string of the molecule is O=S1(=O)CCCN(CCC(O)c2cccc(F)c2F)CC1. The molecule has 0 aliphatic carbocycles. The highest BCUT2D eigenvalue weighted by Crippen LogP contribution is 2.22. The normalized spacial score (nSPS) is 20.9. The molecule has 21 heavy (non-hydrogen) atoms. The molecule has 0 radical (unpaired) electrons. The Morgan fingerprint density at radius 1 is 1.24 bits per heavy atom. The number of rotatable bonds is 4. The Balaban J connectivity index is 1.92. The van der Waals surface area contributed by atoms with Crippen LogP contribution in [0.3, 0.4) is 0 Å². The van der Waals surface area contributed by atoms with E-state index in [4.69, 9.17) is 0 Å². The molecule has 0 amide bonds. The highest BCUT2D eigenvalue weighted by molar-refractivity contribution is 7.91. The monoisotopic (exact) mass is 319 g/mol. The second-order valence-electron chi connectivity index (χ2n) is 5.29. The Bertz CT molecular complexity index is 592. The fraction of sp³-hybridized carbons (Fsp3) is 0.571. The van der Waals surface area contributed by atoms with Gasteiger partial charge < -0.3 is 10.0 Å². The van der Waals surface area contributed by atoms with E-state index in [-0.39, 0.29) is 23.5 Å². The van der Waals surface area contributed by atoms with Crippen molar-refractivity contribution in [3.8, 4) is 0 Å². The van der Waals surface area contributed by atoms with Gasteiger partial charge in [0, 0.05) is 18.7 Å². The molecule has 1 aromatic carbocycles. The van der Waals surface area contributed by atoms with E-state index in [1.165, 1.54) is 12.1 Å². The largest absolute Gasteiger partial charge is 0.388 e. The predicted molar refractivity (Wildman–Crippen MR) is 75.6 cm³/mol. The van der Waals surface area contributed by atoms with Gasteiger partial charge in [0.05, 0.1) is 17.6 Å². The van der Waals surface area contributed by atoms with Crippen molar-refractivity contribution in [1.29, 1.82) is 0 Å². The summed E-state index contributed by atoms with van der Waals surface area (Å²) in [7, 11) is -2.97. The molecule has 1 heterocycles. The number of halogens is 2. The lowest BCUT2D eigenvalue weighted by Gasteiger charge is -2.21. The van der Waals surface area contributed by atoms with Crippen molar-refractivity contribution in [3.63, 3.8) is 0 Å². The smallest absolute Gasteiger partial charge is 0.164 e. The molecule has 4 nitrogen and oxygen atoms in total. The van der Waals surface area contributed by atoms with Gasteiger partial charge >= 0.3 is 0 Å². The summed E-state index contributed by atoms with van der Waals surface area (Å²) in [6.45, 7) is 1.50. The fourth-order valence-electron chi connectivity index (χ4n) is 2.45. The molecule has 1 unspecified atom stereocenters. The summed E-state index contributed by atoms with van der Waals surface area (Å²) in [6, 6.07) is 3.72. The highest BCUT2D eigenvalue weighted by atomic mass is 32.2. The number of nitrogens with zero attached hydrogens (tertiary/aromatic N) is 1. The first-order valence-electron chi connectivity index (χ1n) is 6.94. The summed E-state index contributed by atoms with van der Waals surface area (Å²) < 4.78 is 49.6. The molecule has 7 heteroatoms. The number of hydrogen-bond donors (Lipinski definition) is 1. The van der Waals surface area contributed by atoms with Crippen molar-refractivity contribution < 1.29 is 22.3 Å². The Morgan fingerprint density at radius 3 is 2.76 bits per heavy atom. The molecule has 1 aliphatic heterocycles. The average Bonchev–Trinajstić information content (AvgIpc) is 2.60. The summed E-state index contributed by atoms with van der Waals surface area (Å²) in [5.74, 6) is -1.71. The standard InChI is InChI=1S/C14H19F2NO3S/c15-12-4-1-3-11(14(12)16)13(18)5-7-17-6-2-9-21(19,20)10-8-17/h1,3-4,13,18H,2,5-10H2. The van der Waals surface area contributed by atoms with Crippen molar-refractivity contribution in [2.75, 3.05) is 31.1 Å². The number of benzene rings is 1. The summed E-state index contributed by atoms with van der Waals surface area (Å²) in [5.41, 5.74) is -0.0579. The van der Waals surface area contributed by atoms with Gasteiger partial charge in [0.25, 0.3) is 0 Å². The fourth-order valence-corrected chi connectivity index (χ4v) is 3.76. The van der Waals surface area contributed by atoms with Gasteiger partial charge in [-0.1, -0.05) is 12.1 Å². The van der Waals surface area contributed by atoms with E-state index in [9.17, 15) is 22.3 Å². The number of aliphatic hydroxyl groups excluding tert-OH is 1. The van der Waals surface area contributed by atoms with Crippen LogP contribution in [-0.2, 0) is 9.84 Å². The molecular formula is C14H19F2NO3S. The van der Waals surface area contributed by atoms with Crippen LogP contribution in [0.5, 0.6) is 0 Å². The Labute approximate surface area is 123 Å². The molecule has 1 aromatic rings. The molecule has 1 atom stereocenters. The maximum atomic E-state index is 13.6. The first-order chi connectivity index (χ1) is 9.89. The van der Waals surface area contributed by atoms with Gasteiger partial charge in [-0.2, -0.15) is 0 Å². The van der Waals surface area contributed by atoms with Crippen molar-refractivity contribution in [2.24, 2.45) is 0 Å². The second kappa shape index (κ2) is 6.81. The molecule has 0 spiro atoms. The molecular weight excluding hydrogens is 300 g/mol. The first kappa shape index (κ1) is 16.3. The second-order valence-corrected chi connectivity index (χ2v) is 7.60. The van der Waals surface area contributed by atoms with Crippen LogP contribution >= 0.6 is 0 Å². The third-order valence-electron chi connectivity index (χ3n) is 3.71. The van der Waals surface area contributed by atoms with Crippen molar-refractivity contribution in [1.82, 2.24) is 4.90 Å². The predicted octanol–water partition coefficient (Wildman–Crippen LogP) is 1.51. The van der Waals surface area contributed by atoms with Crippen LogP contribution < -0.4 is 0 Å². The number of aliphatic hydroxyl groups is 1. The summed E-state index contributed by atoms with van der Waals surface area (Å²) >= 11 is 0. The van der Waals surface area contributed by atoms with E-state index >= 15 is 0 Å². The minimum Gasteiger partial charge on any atom is -0.388 e. The van der Waals surface area contributed by atoms with E-state index in [0.29, 0.717) is 26.1 Å². The topological polar surface area (TPSA) is 57.6 Å². The van der Waals surface area contributed by atoms with Crippen LogP contribution in [0.1, 0.15) is 24.5 Å². The summed E-state index contributed by atoms with van der Waals surface area (Å²) in [4.78, 5) is 1.94. The van der Waals surface area contributed by atoms with Gasteiger partial charge in [-0.05, 0) is 25.5 Å². The molecule has 1 aliphatic rings. The van der Waals surface area contributed by atoms with Gasteiger partial charge in [0.2, 0.25) is 0 Å². The minimum absolute atomic E-state index is 0.0579. The van der Waals surface area contributed by atoms with Gasteiger partial charge in [-0.15, -0.1) is 0 Å². The van der Waals surface area contributed by atoms with Crippen LogP contribution in [0.2, 0.25) is 0 Å². The van der Waals surface area contributed by atoms with E-state index in [0.717, 1.165) is 6.07 Å². The zero-order chi connectivity index (χ0) is 15.5. The molecule has 2 rings (SSSR count). The maximum Gasteiger partial charge on any atom is 0.164 e. The summed E-state index contributed by atoms with van der Waals surface area (Å²) in [6.07, 6.45) is -0.298. The lowest BCUT2D eigenvalue weighted by molar-refractivity contribution is 0.140. The molecule has 0 bridgehead atoms. The zero-order valence-electron chi connectivity index (χ0n) is 11.6. The molecule has 0 aromatic heterocycles. The first-order valence-corrected chi connectivity index (χ1v) is 8.76. The van der Waals surface area contributed by atoms with Crippen LogP contribution in [-0.4, -0.2) is 49.6 Å². The van der Waals surface area contributed by atoms with Gasteiger partial charge in [0.1, 0.15) is 0 Å².